The van der Waals surface area contributed by atoms with Crippen LogP contribution in [0.1, 0.15) is 31.7 Å². The Labute approximate surface area is 96.6 Å². The van der Waals surface area contributed by atoms with Crippen LogP contribution in [-0.4, -0.2) is 18.8 Å². The maximum absolute atomic E-state index is 5.87. The second-order valence-corrected chi connectivity index (χ2v) is 5.30. The van der Waals surface area contributed by atoms with Crippen LogP contribution in [0.2, 0.25) is 0 Å². The van der Waals surface area contributed by atoms with Crippen LogP contribution >= 0.6 is 0 Å². The highest BCUT2D eigenvalue weighted by Crippen LogP contribution is 2.47. The zero-order valence-corrected chi connectivity index (χ0v) is 9.90. The highest BCUT2D eigenvalue weighted by Gasteiger charge is 2.44. The van der Waals surface area contributed by atoms with E-state index >= 15 is 0 Å². The molecule has 1 saturated heterocycles. The Morgan fingerprint density at radius 1 is 1.25 bits per heavy atom. The number of fused-ring (bicyclic) bond motifs is 3. The molecule has 2 atom stereocenters. The second-order valence-electron chi connectivity index (χ2n) is 5.30. The van der Waals surface area contributed by atoms with Crippen molar-refractivity contribution in [3.8, 4) is 5.75 Å². The van der Waals surface area contributed by atoms with Gasteiger partial charge in [-0.05, 0) is 37.8 Å². The number of benzene rings is 1. The van der Waals surface area contributed by atoms with E-state index in [0.717, 1.165) is 25.4 Å². The fourth-order valence-corrected chi connectivity index (χ4v) is 3.03. The van der Waals surface area contributed by atoms with Crippen molar-refractivity contribution in [1.29, 1.82) is 0 Å². The van der Waals surface area contributed by atoms with Gasteiger partial charge in [0.1, 0.15) is 5.75 Å². The predicted molar refractivity (Wildman–Crippen MR) is 62.8 cm³/mol. The molecule has 0 N–H and O–H groups in total. The molecule has 2 aliphatic rings. The zero-order valence-electron chi connectivity index (χ0n) is 9.90. The molecule has 0 amide bonds. The Morgan fingerprint density at radius 2 is 2.06 bits per heavy atom. The first-order chi connectivity index (χ1) is 7.68. The third kappa shape index (κ3) is 1.44. The van der Waals surface area contributed by atoms with E-state index in [2.05, 4.69) is 32.0 Å². The molecule has 0 aliphatic carbocycles. The summed E-state index contributed by atoms with van der Waals surface area (Å²) in [5.74, 6) is 2.16. The van der Waals surface area contributed by atoms with Gasteiger partial charge in [0.15, 0.2) is 0 Å². The normalized spacial score (nSPS) is 31.1. The van der Waals surface area contributed by atoms with E-state index < -0.39 is 0 Å². The van der Waals surface area contributed by atoms with Gasteiger partial charge in [-0.15, -0.1) is 0 Å². The van der Waals surface area contributed by atoms with E-state index in [0.29, 0.717) is 11.8 Å². The fraction of sp³-hybridized carbons (Fsp3) is 0.571. The molecule has 2 unspecified atom stereocenters. The third-order valence-electron chi connectivity index (χ3n) is 4.02. The average Bonchev–Trinajstić information content (AvgIpc) is 2.28. The monoisotopic (exact) mass is 218 g/mol. The van der Waals surface area contributed by atoms with Crippen molar-refractivity contribution in [1.82, 2.24) is 0 Å². The van der Waals surface area contributed by atoms with E-state index in [4.69, 9.17) is 9.47 Å². The number of para-hydroxylation sites is 1. The van der Waals surface area contributed by atoms with E-state index in [1.807, 2.05) is 6.07 Å². The summed E-state index contributed by atoms with van der Waals surface area (Å²) in [7, 11) is 0. The molecular weight excluding hydrogens is 200 g/mol. The number of ether oxygens (including phenoxy) is 2. The van der Waals surface area contributed by atoms with Gasteiger partial charge >= 0.3 is 0 Å². The lowest BCUT2D eigenvalue weighted by Crippen LogP contribution is -2.47. The van der Waals surface area contributed by atoms with Gasteiger partial charge in [0, 0.05) is 12.5 Å². The van der Waals surface area contributed by atoms with Crippen molar-refractivity contribution >= 4 is 0 Å². The van der Waals surface area contributed by atoms with E-state index in [9.17, 15) is 0 Å². The largest absolute Gasteiger partial charge is 0.493 e. The topological polar surface area (TPSA) is 18.5 Å². The zero-order chi connectivity index (χ0) is 11.2. The van der Waals surface area contributed by atoms with Crippen LogP contribution in [0.5, 0.6) is 5.75 Å². The van der Waals surface area contributed by atoms with Crippen LogP contribution in [0.3, 0.4) is 0 Å². The van der Waals surface area contributed by atoms with Crippen LogP contribution in [-0.2, 0) is 4.74 Å². The van der Waals surface area contributed by atoms with Gasteiger partial charge in [-0.25, -0.2) is 0 Å². The number of rotatable bonds is 0. The third-order valence-corrected chi connectivity index (χ3v) is 4.02. The molecule has 0 radical (unpaired) electrons. The first kappa shape index (κ1) is 10.2. The Balaban J connectivity index is 2.01. The summed E-state index contributed by atoms with van der Waals surface area (Å²) < 4.78 is 11.7. The van der Waals surface area contributed by atoms with E-state index in [1.54, 1.807) is 0 Å². The van der Waals surface area contributed by atoms with Gasteiger partial charge in [0.05, 0.1) is 12.2 Å². The molecule has 16 heavy (non-hydrogen) atoms. The van der Waals surface area contributed by atoms with E-state index in [-0.39, 0.29) is 5.60 Å². The number of hydrogen-bond acceptors (Lipinski definition) is 2. The molecule has 86 valence electrons. The summed E-state index contributed by atoms with van der Waals surface area (Å²) in [5.41, 5.74) is 1.31. The molecular formula is C14H18O2. The molecule has 2 heteroatoms. The lowest BCUT2D eigenvalue weighted by atomic mass is 9.72. The lowest BCUT2D eigenvalue weighted by molar-refractivity contribution is -0.119. The molecule has 0 bridgehead atoms. The van der Waals surface area contributed by atoms with Crippen LogP contribution in [0.4, 0.5) is 0 Å². The average molecular weight is 218 g/mol. The van der Waals surface area contributed by atoms with Crippen molar-refractivity contribution in [2.45, 2.75) is 31.8 Å². The summed E-state index contributed by atoms with van der Waals surface area (Å²) in [4.78, 5) is 0. The Kier molecular flexibility index (Phi) is 2.21. The minimum Gasteiger partial charge on any atom is -0.493 e. The number of hydrogen-bond donors (Lipinski definition) is 0. The van der Waals surface area contributed by atoms with Gasteiger partial charge in [-0.2, -0.15) is 0 Å². The maximum Gasteiger partial charge on any atom is 0.122 e. The molecule has 1 aromatic rings. The molecule has 0 spiro atoms. The van der Waals surface area contributed by atoms with Crippen LogP contribution in [0.15, 0.2) is 24.3 Å². The predicted octanol–water partition coefficient (Wildman–Crippen LogP) is 2.98. The van der Waals surface area contributed by atoms with Crippen LogP contribution < -0.4 is 4.74 Å². The smallest absolute Gasteiger partial charge is 0.122 e. The minimum absolute atomic E-state index is 0.0591. The lowest BCUT2D eigenvalue weighted by Gasteiger charge is -2.46. The van der Waals surface area contributed by atoms with Crippen LogP contribution in [0, 0.1) is 5.92 Å². The Morgan fingerprint density at radius 3 is 2.94 bits per heavy atom. The molecule has 0 aromatic heterocycles. The first-order valence-electron chi connectivity index (χ1n) is 6.04. The van der Waals surface area contributed by atoms with Gasteiger partial charge in [0.25, 0.3) is 0 Å². The minimum atomic E-state index is -0.0591. The molecule has 1 fully saturated rings. The van der Waals surface area contributed by atoms with Gasteiger partial charge in [-0.3, -0.25) is 0 Å². The van der Waals surface area contributed by atoms with Gasteiger partial charge < -0.3 is 9.47 Å². The van der Waals surface area contributed by atoms with Crippen molar-refractivity contribution in [3.05, 3.63) is 29.8 Å². The van der Waals surface area contributed by atoms with Gasteiger partial charge in [0.2, 0.25) is 0 Å². The molecule has 2 nitrogen and oxygen atoms in total. The van der Waals surface area contributed by atoms with Crippen molar-refractivity contribution in [3.63, 3.8) is 0 Å². The quantitative estimate of drug-likeness (QED) is 0.666. The van der Waals surface area contributed by atoms with Crippen molar-refractivity contribution in [2.75, 3.05) is 13.2 Å². The summed E-state index contributed by atoms with van der Waals surface area (Å²) in [6.07, 6.45) is 1.12. The van der Waals surface area contributed by atoms with Gasteiger partial charge in [-0.1, -0.05) is 18.2 Å². The molecule has 2 heterocycles. The maximum atomic E-state index is 5.87. The Bertz CT molecular complexity index is 397. The SMILES string of the molecule is CC1(C)OCCC2c3ccccc3OCC21. The van der Waals surface area contributed by atoms with Crippen LogP contribution in [0.25, 0.3) is 0 Å². The summed E-state index contributed by atoms with van der Waals surface area (Å²) in [6.45, 7) is 6.01. The standard InChI is InChI=1S/C14H18O2/c1-14(2)12-9-15-13-6-4-3-5-11(13)10(12)7-8-16-14/h3-6,10,12H,7-9H2,1-2H3. The highest BCUT2D eigenvalue weighted by molar-refractivity contribution is 5.39. The highest BCUT2D eigenvalue weighted by atomic mass is 16.5. The van der Waals surface area contributed by atoms with Crippen molar-refractivity contribution < 1.29 is 9.47 Å². The first-order valence-corrected chi connectivity index (χ1v) is 6.04. The molecule has 2 aliphatic heterocycles. The molecule has 0 saturated carbocycles. The summed E-state index contributed by atoms with van der Waals surface area (Å²) in [6, 6.07) is 8.43. The van der Waals surface area contributed by atoms with Crippen molar-refractivity contribution in [2.24, 2.45) is 5.92 Å². The fourth-order valence-electron chi connectivity index (χ4n) is 3.03. The summed E-state index contributed by atoms with van der Waals surface area (Å²) in [5, 5.41) is 0. The van der Waals surface area contributed by atoms with E-state index in [1.165, 1.54) is 5.56 Å². The molecule has 3 rings (SSSR count). The Hall–Kier alpha value is -1.02. The summed E-state index contributed by atoms with van der Waals surface area (Å²) >= 11 is 0. The second kappa shape index (κ2) is 3.49. The molecule has 1 aromatic carbocycles.